The molecular weight excluding hydrogens is 636 g/mol. The molecule has 0 unspecified atom stereocenters. The summed E-state index contributed by atoms with van der Waals surface area (Å²) in [5.41, 5.74) is 7.50. The van der Waals surface area contributed by atoms with Gasteiger partial charge in [-0.15, -0.1) is 0 Å². The van der Waals surface area contributed by atoms with E-state index in [4.69, 9.17) is 5.26 Å². The maximum Gasteiger partial charge on any atom is 0.200 e. The van der Waals surface area contributed by atoms with Crippen molar-refractivity contribution in [2.45, 2.75) is 34.2 Å². The molecule has 0 aliphatic rings. The number of hydrogen-bond acceptors (Lipinski definition) is 6. The maximum atomic E-state index is 13.2. The van der Waals surface area contributed by atoms with Gasteiger partial charge >= 0.3 is 0 Å². The second kappa shape index (κ2) is 14.4. The van der Waals surface area contributed by atoms with Gasteiger partial charge in [0.1, 0.15) is 11.8 Å². The van der Waals surface area contributed by atoms with Crippen LogP contribution in [0.4, 0.5) is 0 Å². The average molecular weight is 671 g/mol. The minimum atomic E-state index is -0.304. The van der Waals surface area contributed by atoms with Gasteiger partial charge in [0.2, 0.25) is 10.9 Å². The van der Waals surface area contributed by atoms with E-state index in [2.05, 4.69) is 9.97 Å². The minimum Gasteiger partial charge on any atom is -0.360 e. The Balaban J connectivity index is 0.000000187. The standard InChI is InChI=1S/C25H19N3O2.C18H15NO2/c1-16-10-11-18(12-17(16)2)24(29)22-15-28(14-20-7-5-6-19(13-26)27-20)23-9-4-3-8-21(23)25(22)30;1-11-7-8-13(9-12(11)2)17(20)15-10-19-16-6-4-3-5-14(16)18(15)21/h3-12,15H,14H2,1-2H3;3-10H,1-2H3,(H,19,21). The van der Waals surface area contributed by atoms with Gasteiger partial charge in [-0.25, -0.2) is 4.98 Å². The van der Waals surface area contributed by atoms with Gasteiger partial charge in [-0.3, -0.25) is 19.2 Å². The van der Waals surface area contributed by atoms with Crippen LogP contribution in [0.3, 0.4) is 0 Å². The average Bonchev–Trinajstić information content (AvgIpc) is 3.15. The molecule has 7 aromatic rings. The van der Waals surface area contributed by atoms with E-state index in [0.717, 1.165) is 27.8 Å². The van der Waals surface area contributed by atoms with E-state index < -0.39 is 0 Å². The van der Waals surface area contributed by atoms with Crippen molar-refractivity contribution in [3.05, 3.63) is 192 Å². The number of carbonyl (C=O) groups is 2. The van der Waals surface area contributed by atoms with E-state index in [9.17, 15) is 19.2 Å². The number of fused-ring (bicyclic) bond motifs is 2. The SMILES string of the molecule is Cc1ccc(C(=O)c2c[nH]c3ccccc3c2=O)cc1C.Cc1ccc(C(=O)c2cn(Cc3cccc(C#N)n3)c3ccccc3c2=O)cc1C. The Morgan fingerprint density at radius 3 is 1.92 bits per heavy atom. The first kappa shape index (κ1) is 34.2. The van der Waals surface area contributed by atoms with Crippen molar-refractivity contribution in [3.8, 4) is 6.07 Å². The molecule has 0 saturated carbocycles. The molecule has 8 heteroatoms. The Morgan fingerprint density at radius 1 is 0.686 bits per heavy atom. The van der Waals surface area contributed by atoms with Crippen molar-refractivity contribution in [2.75, 3.05) is 0 Å². The summed E-state index contributed by atoms with van der Waals surface area (Å²) in [6, 6.07) is 32.6. The van der Waals surface area contributed by atoms with Crippen LogP contribution in [0.2, 0.25) is 0 Å². The summed E-state index contributed by atoms with van der Waals surface area (Å²) in [7, 11) is 0. The lowest BCUT2D eigenvalue weighted by Crippen LogP contribution is -2.20. The van der Waals surface area contributed by atoms with Gasteiger partial charge in [0.15, 0.2) is 11.6 Å². The van der Waals surface area contributed by atoms with Crippen LogP contribution in [0, 0.1) is 39.0 Å². The molecule has 0 saturated heterocycles. The molecule has 7 rings (SSSR count). The number of pyridine rings is 3. The van der Waals surface area contributed by atoms with Crippen molar-refractivity contribution in [1.82, 2.24) is 14.5 Å². The Bertz CT molecular complexity index is 2660. The fourth-order valence-corrected chi connectivity index (χ4v) is 5.85. The van der Waals surface area contributed by atoms with Crippen LogP contribution in [-0.4, -0.2) is 26.1 Å². The lowest BCUT2D eigenvalue weighted by atomic mass is 9.99. The highest BCUT2D eigenvalue weighted by Gasteiger charge is 2.18. The van der Waals surface area contributed by atoms with Crippen LogP contribution >= 0.6 is 0 Å². The first-order valence-corrected chi connectivity index (χ1v) is 16.4. The number of carbonyl (C=O) groups excluding carboxylic acids is 2. The third kappa shape index (κ3) is 7.05. The fourth-order valence-electron chi connectivity index (χ4n) is 5.85. The molecule has 250 valence electrons. The number of H-pyrrole nitrogens is 1. The van der Waals surface area contributed by atoms with Gasteiger partial charge in [-0.05, 0) is 98.5 Å². The van der Waals surface area contributed by atoms with Crippen LogP contribution in [-0.2, 0) is 6.54 Å². The number of hydrogen-bond donors (Lipinski definition) is 1. The summed E-state index contributed by atoms with van der Waals surface area (Å²) in [4.78, 5) is 58.7. The van der Waals surface area contributed by atoms with E-state index >= 15 is 0 Å². The zero-order valence-electron chi connectivity index (χ0n) is 28.7. The Kier molecular flexibility index (Phi) is 9.65. The summed E-state index contributed by atoms with van der Waals surface area (Å²) in [5, 5.41) is 10.1. The molecule has 0 radical (unpaired) electrons. The maximum absolute atomic E-state index is 13.2. The zero-order valence-corrected chi connectivity index (χ0v) is 28.7. The lowest BCUT2D eigenvalue weighted by Gasteiger charge is -2.13. The van der Waals surface area contributed by atoms with E-state index in [1.807, 2.05) is 92.9 Å². The molecule has 3 aromatic heterocycles. The number of ketones is 2. The predicted molar refractivity (Wildman–Crippen MR) is 200 cm³/mol. The highest BCUT2D eigenvalue weighted by molar-refractivity contribution is 6.11. The third-order valence-electron chi connectivity index (χ3n) is 9.06. The molecule has 0 amide bonds. The molecule has 8 nitrogen and oxygen atoms in total. The fraction of sp³-hybridized carbons (Fsp3) is 0.116. The molecule has 0 bridgehead atoms. The molecule has 51 heavy (non-hydrogen) atoms. The summed E-state index contributed by atoms with van der Waals surface area (Å²) in [6.07, 6.45) is 3.10. The number of para-hydroxylation sites is 2. The van der Waals surface area contributed by atoms with Gasteiger partial charge in [-0.1, -0.05) is 54.6 Å². The van der Waals surface area contributed by atoms with E-state index in [1.165, 1.54) is 6.20 Å². The van der Waals surface area contributed by atoms with Crippen molar-refractivity contribution >= 4 is 33.4 Å². The number of aromatic amines is 1. The predicted octanol–water partition coefficient (Wildman–Crippen LogP) is 7.54. The highest BCUT2D eigenvalue weighted by atomic mass is 16.1. The zero-order chi connectivity index (χ0) is 36.2. The van der Waals surface area contributed by atoms with Crippen LogP contribution < -0.4 is 10.9 Å². The van der Waals surface area contributed by atoms with Crippen molar-refractivity contribution < 1.29 is 9.59 Å². The summed E-state index contributed by atoms with van der Waals surface area (Å²) in [6.45, 7) is 8.21. The van der Waals surface area contributed by atoms with Crippen molar-refractivity contribution in [3.63, 3.8) is 0 Å². The summed E-state index contributed by atoms with van der Waals surface area (Å²) in [5.74, 6) is -0.550. The first-order chi connectivity index (χ1) is 24.5. The summed E-state index contributed by atoms with van der Waals surface area (Å²) < 4.78 is 1.84. The molecule has 4 aromatic carbocycles. The van der Waals surface area contributed by atoms with Crippen LogP contribution in [0.15, 0.2) is 125 Å². The molecule has 0 aliphatic carbocycles. The first-order valence-electron chi connectivity index (χ1n) is 16.4. The number of benzene rings is 4. The number of nitriles is 1. The normalized spacial score (nSPS) is 10.7. The van der Waals surface area contributed by atoms with E-state index in [-0.39, 0.29) is 33.6 Å². The number of rotatable bonds is 6. The van der Waals surface area contributed by atoms with Crippen molar-refractivity contribution in [1.29, 1.82) is 5.26 Å². The molecule has 0 fully saturated rings. The lowest BCUT2D eigenvalue weighted by molar-refractivity contribution is 0.102. The Labute approximate surface area is 294 Å². The Hall–Kier alpha value is -6.72. The van der Waals surface area contributed by atoms with Gasteiger partial charge < -0.3 is 9.55 Å². The van der Waals surface area contributed by atoms with Gasteiger partial charge in [-0.2, -0.15) is 5.26 Å². The Morgan fingerprint density at radius 2 is 1.27 bits per heavy atom. The van der Waals surface area contributed by atoms with Crippen LogP contribution in [0.25, 0.3) is 21.8 Å². The second-order valence-corrected chi connectivity index (χ2v) is 12.5. The molecular formula is C43H34N4O4. The van der Waals surface area contributed by atoms with Crippen LogP contribution in [0.1, 0.15) is 65.5 Å². The smallest absolute Gasteiger partial charge is 0.200 e. The van der Waals surface area contributed by atoms with Crippen molar-refractivity contribution in [2.24, 2.45) is 0 Å². The molecule has 1 N–H and O–H groups in total. The number of nitrogens with zero attached hydrogens (tertiary/aromatic N) is 3. The monoisotopic (exact) mass is 670 g/mol. The van der Waals surface area contributed by atoms with E-state index in [1.54, 1.807) is 54.7 Å². The number of nitrogens with one attached hydrogen (secondary N) is 1. The van der Waals surface area contributed by atoms with Gasteiger partial charge in [0.25, 0.3) is 0 Å². The topological polar surface area (TPSA) is 126 Å². The highest BCUT2D eigenvalue weighted by Crippen LogP contribution is 2.18. The molecule has 0 spiro atoms. The molecule has 0 aliphatic heterocycles. The minimum absolute atomic E-state index is 0.119. The number of aryl methyl sites for hydroxylation is 4. The van der Waals surface area contributed by atoms with Crippen LogP contribution in [0.5, 0.6) is 0 Å². The molecule has 0 atom stereocenters. The number of aromatic nitrogens is 3. The molecule has 3 heterocycles. The van der Waals surface area contributed by atoms with Gasteiger partial charge in [0, 0.05) is 39.8 Å². The second-order valence-electron chi connectivity index (χ2n) is 12.5. The largest absolute Gasteiger partial charge is 0.360 e. The quantitative estimate of drug-likeness (QED) is 0.182. The van der Waals surface area contributed by atoms with Gasteiger partial charge in [0.05, 0.1) is 28.9 Å². The third-order valence-corrected chi connectivity index (χ3v) is 9.06. The van der Waals surface area contributed by atoms with E-state index in [0.29, 0.717) is 45.3 Å². The summed E-state index contributed by atoms with van der Waals surface area (Å²) >= 11 is 0.